The zero-order valence-electron chi connectivity index (χ0n) is 32.8. The number of carbonyl (C=O) groups excluding carboxylic acids is 2. The van der Waals surface area contributed by atoms with Crippen LogP contribution in [0.4, 0.5) is 22.7 Å². The van der Waals surface area contributed by atoms with E-state index in [1.165, 1.54) is 60.7 Å². The van der Waals surface area contributed by atoms with E-state index in [0.29, 0.717) is 5.52 Å². The van der Waals surface area contributed by atoms with Crippen LogP contribution >= 0.6 is 35.2 Å². The van der Waals surface area contributed by atoms with Gasteiger partial charge in [0.25, 0.3) is 11.8 Å². The van der Waals surface area contributed by atoms with Crippen molar-refractivity contribution in [2.45, 2.75) is 14.7 Å². The van der Waals surface area contributed by atoms with Gasteiger partial charge in [-0.1, -0.05) is 23.2 Å². The summed E-state index contributed by atoms with van der Waals surface area (Å²) >= 11 is 12.0. The van der Waals surface area contributed by atoms with Crippen LogP contribution in [0.25, 0.3) is 21.8 Å². The number of amides is 2. The minimum atomic E-state index is -5.42. The fourth-order valence-electron chi connectivity index (χ4n) is 5.42. The van der Waals surface area contributed by atoms with E-state index in [1.54, 1.807) is 0 Å². The van der Waals surface area contributed by atoms with Crippen LogP contribution in [0.5, 0.6) is 5.75 Å². The molecule has 5 aromatic carbocycles. The SMILES string of the molecule is O=C(Nc1ccc(S(=O)(=O)CCOS(=O)(=O)[O-])cc1)c1ccc(N=Nc2c(SOO[O-])cc3c(S(=O)(=O)[O-])c(NC(=O)c4ccc5nc(Cl)c(Cl)nc5c4)ccc3c2O)cc1.[Na+].[Na+].[Na+]. The number of hydrogen-bond acceptors (Lipinski definition) is 20. The van der Waals surface area contributed by atoms with Crippen molar-refractivity contribution < 1.29 is 157 Å². The molecule has 21 nitrogen and oxygen atoms in total. The predicted octanol–water partition coefficient (Wildman–Crippen LogP) is -3.89. The van der Waals surface area contributed by atoms with Gasteiger partial charge in [-0.05, 0) is 84.9 Å². The topological polar surface area (TPSA) is 328 Å². The fraction of sp³-hybridized carbons (Fsp3) is 0.0588. The number of phenols is 1. The molecular formula is C34H21Cl2N6Na3O15S4. The van der Waals surface area contributed by atoms with E-state index >= 15 is 0 Å². The molecule has 0 saturated carbocycles. The molecule has 1 heterocycles. The third-order valence-electron chi connectivity index (χ3n) is 8.13. The molecule has 0 bridgehead atoms. The van der Waals surface area contributed by atoms with Gasteiger partial charge in [0.15, 0.2) is 25.9 Å². The van der Waals surface area contributed by atoms with Gasteiger partial charge in [0.05, 0.1) is 61.5 Å². The number of hydrogen-bond donors (Lipinski definition) is 3. The molecular weight excluding hydrogens is 1000 g/mol. The number of halogens is 2. The van der Waals surface area contributed by atoms with Gasteiger partial charge in [-0.25, -0.2) is 35.2 Å². The summed E-state index contributed by atoms with van der Waals surface area (Å²) in [5.74, 6) is -3.03. The number of anilines is 2. The molecule has 0 aliphatic rings. The Kier molecular flexibility index (Phi) is 20.6. The molecule has 0 saturated heterocycles. The van der Waals surface area contributed by atoms with Crippen molar-refractivity contribution in [3.63, 3.8) is 0 Å². The summed E-state index contributed by atoms with van der Waals surface area (Å²) in [5.41, 5.74) is -0.0162. The normalized spacial score (nSPS) is 11.7. The maximum Gasteiger partial charge on any atom is 1.00 e. The van der Waals surface area contributed by atoms with Crippen molar-refractivity contribution in [1.82, 2.24) is 9.97 Å². The molecule has 3 N–H and O–H groups in total. The van der Waals surface area contributed by atoms with Gasteiger partial charge in [0.2, 0.25) is 10.4 Å². The number of rotatable bonds is 15. The number of aromatic hydroxyl groups is 1. The Labute approximate surface area is 443 Å². The van der Waals surface area contributed by atoms with E-state index < -0.39 is 76.2 Å². The number of nitrogens with one attached hydrogen (secondary N) is 2. The Balaban J connectivity index is 0.00000363. The second-order valence-electron chi connectivity index (χ2n) is 12.0. The third-order valence-corrected chi connectivity index (χ3v) is 12.5. The number of aromatic nitrogens is 2. The zero-order chi connectivity index (χ0) is 44.3. The molecule has 0 unspecified atom stereocenters. The molecule has 0 spiro atoms. The van der Waals surface area contributed by atoms with Gasteiger partial charge in [0.1, 0.15) is 15.8 Å². The van der Waals surface area contributed by atoms with Crippen molar-refractivity contribution >= 4 is 122 Å². The molecule has 0 radical (unpaired) electrons. The number of carbonyl (C=O) groups is 2. The van der Waals surface area contributed by atoms with Crippen LogP contribution in [0.1, 0.15) is 20.7 Å². The number of phenolic OH excluding ortho intramolecular Hbond substituents is 1. The Morgan fingerprint density at radius 3 is 1.97 bits per heavy atom. The second kappa shape index (κ2) is 23.5. The molecule has 0 atom stereocenters. The second-order valence-corrected chi connectivity index (χ2v) is 18.0. The van der Waals surface area contributed by atoms with Crippen molar-refractivity contribution in [3.05, 3.63) is 106 Å². The van der Waals surface area contributed by atoms with Gasteiger partial charge in [-0.2, -0.15) is 9.45 Å². The minimum Gasteiger partial charge on any atom is -0.744 e. The minimum absolute atomic E-state index is 0. The molecule has 64 heavy (non-hydrogen) atoms. The molecule has 0 aliphatic carbocycles. The maximum atomic E-state index is 13.3. The third kappa shape index (κ3) is 14.1. The van der Waals surface area contributed by atoms with Crippen molar-refractivity contribution in [3.8, 4) is 5.75 Å². The van der Waals surface area contributed by atoms with Crippen LogP contribution in [0.2, 0.25) is 10.3 Å². The molecule has 30 heteroatoms. The first-order chi connectivity index (χ1) is 28.7. The van der Waals surface area contributed by atoms with E-state index in [-0.39, 0.29) is 160 Å². The first-order valence-electron chi connectivity index (χ1n) is 16.4. The quantitative estimate of drug-likeness (QED) is 0.0168. The number of fused-ring (bicyclic) bond motifs is 2. The van der Waals surface area contributed by atoms with Gasteiger partial charge < -0.3 is 30.1 Å². The molecule has 0 fully saturated rings. The average Bonchev–Trinajstić information content (AvgIpc) is 3.19. The summed E-state index contributed by atoms with van der Waals surface area (Å²) in [6.07, 6.45) is 0. The van der Waals surface area contributed by atoms with Gasteiger partial charge in [-0.3, -0.25) is 18.8 Å². The summed E-state index contributed by atoms with van der Waals surface area (Å²) in [6.45, 7) is -0.879. The molecule has 6 rings (SSSR count). The summed E-state index contributed by atoms with van der Waals surface area (Å²) in [7, 11) is -14.5. The monoisotopic (exact) mass is 1020 g/mol. The smallest absolute Gasteiger partial charge is 0.744 e. The van der Waals surface area contributed by atoms with E-state index in [2.05, 4.69) is 44.4 Å². The van der Waals surface area contributed by atoms with Crippen LogP contribution in [0.3, 0.4) is 0 Å². The van der Waals surface area contributed by atoms with E-state index in [9.17, 15) is 54.3 Å². The standard InChI is InChI=1S/C34H24Cl2N6O15S4.3Na/c35-31-32(36)39-26-15-18(3-11-24(26)38-31)34(45)40-25-12-10-22-23(30(25)60(49,50)51)16-27(58-57-56-46)28(29(22)43)42-41-20-4-1-17(2-5-20)33(44)37-19-6-8-21(9-7-19)59(47,48)14-13-55-61(52,53)54;;;/h1-12,15-16,43,46H,13-14H2,(H,37,44)(H,40,45)(H,49,50,51)(H,52,53,54);;;/q;3*+1/p-3. The Hall–Kier alpha value is -2.42. The van der Waals surface area contributed by atoms with Crippen LogP contribution < -0.4 is 105 Å². The van der Waals surface area contributed by atoms with Crippen molar-refractivity contribution in [2.24, 2.45) is 10.2 Å². The summed E-state index contributed by atoms with van der Waals surface area (Å²) in [6, 6.07) is 17.5. The maximum absolute atomic E-state index is 13.3. The molecule has 6 aromatic rings. The Bertz CT molecular complexity index is 3110. The summed E-state index contributed by atoms with van der Waals surface area (Å²) in [4.78, 5) is 32.8. The Morgan fingerprint density at radius 1 is 0.750 bits per heavy atom. The first kappa shape index (κ1) is 55.9. The van der Waals surface area contributed by atoms with Gasteiger partial charge in [-0.15, -0.1) is 5.11 Å². The summed E-state index contributed by atoms with van der Waals surface area (Å²) in [5, 5.41) is 37.5. The molecule has 1 aromatic heterocycles. The fourth-order valence-corrected chi connectivity index (χ4v) is 8.48. The predicted molar refractivity (Wildman–Crippen MR) is 212 cm³/mol. The van der Waals surface area contributed by atoms with Crippen LogP contribution in [-0.4, -0.2) is 73.6 Å². The van der Waals surface area contributed by atoms with Gasteiger partial charge in [0, 0.05) is 27.6 Å². The Morgan fingerprint density at radius 2 is 1.36 bits per heavy atom. The average molecular weight is 1020 g/mol. The van der Waals surface area contributed by atoms with Crippen LogP contribution in [0.15, 0.2) is 110 Å². The largest absolute Gasteiger partial charge is 1.00 e. The van der Waals surface area contributed by atoms with Crippen molar-refractivity contribution in [2.75, 3.05) is 23.0 Å². The van der Waals surface area contributed by atoms with E-state index in [4.69, 9.17) is 23.2 Å². The van der Waals surface area contributed by atoms with Crippen LogP contribution in [0, 0.1) is 0 Å². The number of azo groups is 1. The number of sulfone groups is 1. The first-order valence-corrected chi connectivity index (χ1v) is 22.3. The number of nitrogens with zero attached hydrogens (tertiary/aromatic N) is 4. The van der Waals surface area contributed by atoms with Crippen LogP contribution in [-0.2, 0) is 43.9 Å². The van der Waals surface area contributed by atoms with Crippen molar-refractivity contribution in [1.29, 1.82) is 0 Å². The molecule has 318 valence electrons. The van der Waals surface area contributed by atoms with E-state index in [0.717, 1.165) is 24.3 Å². The van der Waals surface area contributed by atoms with Gasteiger partial charge >= 0.3 is 88.7 Å². The summed E-state index contributed by atoms with van der Waals surface area (Å²) < 4.78 is 103. The number of benzene rings is 5. The molecule has 0 aliphatic heterocycles. The zero-order valence-corrected chi connectivity index (χ0v) is 43.6. The van der Waals surface area contributed by atoms with E-state index in [1.807, 2.05) is 0 Å². The molecule has 2 amide bonds.